The van der Waals surface area contributed by atoms with Gasteiger partial charge in [-0.15, -0.1) is 0 Å². The molecule has 4 aromatic carbocycles. The van der Waals surface area contributed by atoms with Gasteiger partial charge in [-0.2, -0.15) is 0 Å². The molecule has 29 heavy (non-hydrogen) atoms. The molecule has 0 aliphatic heterocycles. The molecule has 0 saturated heterocycles. The summed E-state index contributed by atoms with van der Waals surface area (Å²) in [6.45, 7) is 0. The fourth-order valence-corrected chi connectivity index (χ4v) is 4.21. The van der Waals surface area contributed by atoms with E-state index in [-0.39, 0.29) is 23.0 Å². The zero-order chi connectivity index (χ0) is 20.4. The van der Waals surface area contributed by atoms with E-state index in [9.17, 15) is 20.4 Å². The fourth-order valence-electron chi connectivity index (χ4n) is 3.13. The van der Waals surface area contributed by atoms with Crippen LogP contribution in [0.2, 0.25) is 0 Å². The minimum Gasteiger partial charge on any atom is -0.508 e. The van der Waals surface area contributed by atoms with Crippen LogP contribution < -0.4 is 0 Å². The summed E-state index contributed by atoms with van der Waals surface area (Å²) in [7, 11) is 0. The molecule has 0 heterocycles. The van der Waals surface area contributed by atoms with Crippen LogP contribution in [0.4, 0.5) is 0 Å². The summed E-state index contributed by atoms with van der Waals surface area (Å²) < 4.78 is 0. The smallest absolute Gasteiger partial charge is 0.116 e. The predicted octanol–water partition coefficient (Wildman–Crippen LogP) is 5.99. The van der Waals surface area contributed by atoms with Crippen LogP contribution in [0.25, 0.3) is 22.3 Å². The Balaban J connectivity index is 1.82. The van der Waals surface area contributed by atoms with E-state index in [1.54, 1.807) is 60.7 Å². The molecular formula is C24H18O4S. The van der Waals surface area contributed by atoms with Gasteiger partial charge in [-0.25, -0.2) is 0 Å². The first-order chi connectivity index (χ1) is 14.0. The molecule has 0 amide bonds. The van der Waals surface area contributed by atoms with Crippen LogP contribution in [0.3, 0.4) is 0 Å². The minimum absolute atomic E-state index is 0.131. The highest BCUT2D eigenvalue weighted by Crippen LogP contribution is 2.43. The maximum absolute atomic E-state index is 10.0. The van der Waals surface area contributed by atoms with Crippen LogP contribution in [0.5, 0.6) is 23.0 Å². The maximum atomic E-state index is 10.0. The van der Waals surface area contributed by atoms with E-state index in [1.165, 1.54) is 11.8 Å². The van der Waals surface area contributed by atoms with Crippen molar-refractivity contribution in [2.45, 2.75) is 9.79 Å². The van der Waals surface area contributed by atoms with Crippen molar-refractivity contribution in [3.8, 4) is 45.3 Å². The Hall–Kier alpha value is -3.57. The average molecular weight is 402 g/mol. The molecule has 0 spiro atoms. The van der Waals surface area contributed by atoms with Gasteiger partial charge in [0, 0.05) is 9.79 Å². The van der Waals surface area contributed by atoms with E-state index in [2.05, 4.69) is 0 Å². The van der Waals surface area contributed by atoms with E-state index in [1.807, 2.05) is 24.3 Å². The second-order valence-corrected chi connectivity index (χ2v) is 7.65. The summed E-state index contributed by atoms with van der Waals surface area (Å²) in [6, 6.07) is 23.9. The van der Waals surface area contributed by atoms with Crippen molar-refractivity contribution in [3.05, 3.63) is 84.9 Å². The molecule has 4 rings (SSSR count). The molecule has 0 aliphatic rings. The summed E-state index contributed by atoms with van der Waals surface area (Å²) >= 11 is 1.47. The Labute approximate surface area is 172 Å². The van der Waals surface area contributed by atoms with Gasteiger partial charge in [0.15, 0.2) is 0 Å². The number of hydrogen-bond acceptors (Lipinski definition) is 5. The summed E-state index contributed by atoms with van der Waals surface area (Å²) in [4.78, 5) is 1.75. The number of hydrogen-bond donors (Lipinski definition) is 4. The average Bonchev–Trinajstić information content (AvgIpc) is 2.70. The Bertz CT molecular complexity index is 1090. The molecule has 0 aliphatic carbocycles. The highest BCUT2D eigenvalue weighted by molar-refractivity contribution is 7.99. The lowest BCUT2D eigenvalue weighted by molar-refractivity contribution is 0.473. The molecule has 144 valence electrons. The molecule has 0 aromatic heterocycles. The third-order valence-corrected chi connectivity index (χ3v) is 5.61. The van der Waals surface area contributed by atoms with E-state index < -0.39 is 0 Å². The summed E-state index contributed by atoms with van der Waals surface area (Å²) in [6.07, 6.45) is 0. The standard InChI is InChI=1S/C24H18O4S/c25-17-5-1-3-15(11-17)21-13-19(27)7-9-23(21)29-24-10-8-20(28)14-22(24)16-4-2-6-18(26)12-16/h1-14,25-28H. The van der Waals surface area contributed by atoms with Gasteiger partial charge in [0.1, 0.15) is 23.0 Å². The lowest BCUT2D eigenvalue weighted by Gasteiger charge is -2.14. The van der Waals surface area contributed by atoms with Crippen LogP contribution >= 0.6 is 11.8 Å². The zero-order valence-corrected chi connectivity index (χ0v) is 16.1. The van der Waals surface area contributed by atoms with Gasteiger partial charge in [-0.1, -0.05) is 36.0 Å². The Morgan fingerprint density at radius 1 is 0.448 bits per heavy atom. The molecule has 0 saturated carbocycles. The first-order valence-electron chi connectivity index (χ1n) is 8.92. The highest BCUT2D eigenvalue weighted by Gasteiger charge is 2.13. The molecule has 0 fully saturated rings. The highest BCUT2D eigenvalue weighted by atomic mass is 32.2. The van der Waals surface area contributed by atoms with Crippen molar-refractivity contribution in [3.63, 3.8) is 0 Å². The molecule has 4 nitrogen and oxygen atoms in total. The van der Waals surface area contributed by atoms with E-state index in [0.29, 0.717) is 0 Å². The van der Waals surface area contributed by atoms with Crippen molar-refractivity contribution < 1.29 is 20.4 Å². The molecule has 0 unspecified atom stereocenters. The van der Waals surface area contributed by atoms with E-state index >= 15 is 0 Å². The quantitative estimate of drug-likeness (QED) is 0.337. The molecule has 0 radical (unpaired) electrons. The number of benzene rings is 4. The van der Waals surface area contributed by atoms with Crippen molar-refractivity contribution in [1.29, 1.82) is 0 Å². The number of phenols is 4. The lowest BCUT2D eigenvalue weighted by Crippen LogP contribution is -1.86. The molecule has 4 aromatic rings. The number of aromatic hydroxyl groups is 4. The van der Waals surface area contributed by atoms with Gasteiger partial charge in [-0.3, -0.25) is 0 Å². The van der Waals surface area contributed by atoms with Gasteiger partial charge < -0.3 is 20.4 Å². The zero-order valence-electron chi connectivity index (χ0n) is 15.3. The van der Waals surface area contributed by atoms with E-state index in [4.69, 9.17) is 0 Å². The van der Waals surface area contributed by atoms with Crippen LogP contribution in [-0.2, 0) is 0 Å². The lowest BCUT2D eigenvalue weighted by atomic mass is 10.0. The van der Waals surface area contributed by atoms with Crippen LogP contribution in [0.15, 0.2) is 94.7 Å². The monoisotopic (exact) mass is 402 g/mol. The molecule has 4 N–H and O–H groups in total. The van der Waals surface area contributed by atoms with Crippen molar-refractivity contribution in [1.82, 2.24) is 0 Å². The second-order valence-electron chi connectivity index (χ2n) is 6.56. The molecular weight excluding hydrogens is 384 g/mol. The molecule has 0 bridgehead atoms. The number of phenolic OH excluding ortho intramolecular Hbond substituents is 4. The first kappa shape index (κ1) is 18.8. The van der Waals surface area contributed by atoms with Crippen molar-refractivity contribution in [2.75, 3.05) is 0 Å². The largest absolute Gasteiger partial charge is 0.508 e. The third-order valence-electron chi connectivity index (χ3n) is 4.46. The van der Waals surface area contributed by atoms with Crippen LogP contribution in [0, 0.1) is 0 Å². The summed E-state index contributed by atoms with van der Waals surface area (Å²) in [5.41, 5.74) is 3.11. The first-order valence-corrected chi connectivity index (χ1v) is 9.74. The van der Waals surface area contributed by atoms with Crippen molar-refractivity contribution >= 4 is 11.8 Å². The summed E-state index contributed by atoms with van der Waals surface area (Å²) in [5.74, 6) is 0.553. The number of rotatable bonds is 4. The van der Waals surface area contributed by atoms with Gasteiger partial charge >= 0.3 is 0 Å². The molecule has 0 atom stereocenters. The molecule has 5 heteroatoms. The predicted molar refractivity (Wildman–Crippen MR) is 115 cm³/mol. The normalized spacial score (nSPS) is 10.8. The van der Waals surface area contributed by atoms with E-state index in [0.717, 1.165) is 32.0 Å². The fraction of sp³-hybridized carbons (Fsp3) is 0. The minimum atomic E-state index is 0.131. The third kappa shape index (κ3) is 4.15. The van der Waals surface area contributed by atoms with Crippen LogP contribution in [-0.4, -0.2) is 20.4 Å². The van der Waals surface area contributed by atoms with Gasteiger partial charge in [-0.05, 0) is 82.9 Å². The van der Waals surface area contributed by atoms with Gasteiger partial charge in [0.05, 0.1) is 0 Å². The van der Waals surface area contributed by atoms with Crippen molar-refractivity contribution in [2.24, 2.45) is 0 Å². The second kappa shape index (κ2) is 7.81. The Morgan fingerprint density at radius 2 is 0.862 bits per heavy atom. The topological polar surface area (TPSA) is 80.9 Å². The van der Waals surface area contributed by atoms with Gasteiger partial charge in [0.2, 0.25) is 0 Å². The Kier molecular flexibility index (Phi) is 5.06. The maximum Gasteiger partial charge on any atom is 0.116 e. The van der Waals surface area contributed by atoms with Crippen LogP contribution in [0.1, 0.15) is 0 Å². The SMILES string of the molecule is Oc1cccc(-c2cc(O)ccc2Sc2ccc(O)cc2-c2cccc(O)c2)c1. The Morgan fingerprint density at radius 3 is 1.28 bits per heavy atom. The summed E-state index contributed by atoms with van der Waals surface area (Å²) in [5, 5.41) is 39.7. The van der Waals surface area contributed by atoms with Gasteiger partial charge in [0.25, 0.3) is 0 Å².